The Labute approximate surface area is 326 Å². The third-order valence-electron chi connectivity index (χ3n) is 11.1. The molecule has 1 aromatic heterocycles. The molecule has 10 rings (SSSR count). The molecule has 260 valence electrons. The smallest absolute Gasteiger partial charge is 0.504 e. The van der Waals surface area contributed by atoms with Crippen LogP contribution in [0.15, 0.2) is 140 Å². The zero-order valence-electron chi connectivity index (χ0n) is 30.2. The van der Waals surface area contributed by atoms with E-state index in [-0.39, 0.29) is 26.5 Å². The average molecular weight is 866 g/mol. The summed E-state index contributed by atoms with van der Waals surface area (Å²) in [7, 11) is 2.12. The van der Waals surface area contributed by atoms with Crippen LogP contribution in [-0.4, -0.2) is 18.2 Å². The van der Waals surface area contributed by atoms with Gasteiger partial charge in [-0.2, -0.15) is 42.6 Å². The van der Waals surface area contributed by atoms with E-state index < -0.39 is 5.41 Å². The molecule has 2 aliphatic heterocycles. The normalized spacial score (nSPS) is 15.5. The fourth-order valence-corrected chi connectivity index (χ4v) is 8.64. The minimum Gasteiger partial charge on any atom is -0.504 e. The third kappa shape index (κ3) is 4.92. The van der Waals surface area contributed by atoms with E-state index in [1.807, 2.05) is 0 Å². The van der Waals surface area contributed by atoms with Crippen LogP contribution in [0.25, 0.3) is 44.1 Å². The van der Waals surface area contributed by atoms with Crippen LogP contribution in [0.5, 0.6) is 0 Å². The third-order valence-corrected chi connectivity index (χ3v) is 11.1. The number of hydrogen-bond donors (Lipinski definition) is 0. The molecular formula is C48H38N4Pt. The number of hydrogen-bond acceptors (Lipinski definition) is 2. The molecule has 7 aromatic rings. The molecule has 4 nitrogen and oxygen atoms in total. The summed E-state index contributed by atoms with van der Waals surface area (Å²) in [6.07, 6.45) is 6.31. The van der Waals surface area contributed by atoms with Gasteiger partial charge >= 0.3 is 21.1 Å². The summed E-state index contributed by atoms with van der Waals surface area (Å²) in [5.74, 6) is 0.930. The first-order valence-corrected chi connectivity index (χ1v) is 18.1. The van der Waals surface area contributed by atoms with Gasteiger partial charge in [-0.25, -0.2) is 0 Å². The first kappa shape index (κ1) is 33.5. The Bertz CT molecular complexity index is 2590. The first-order chi connectivity index (χ1) is 25.3. The Morgan fingerprint density at radius 1 is 0.717 bits per heavy atom. The molecule has 5 heteroatoms. The molecule has 0 amide bonds. The number of rotatable bonds is 4. The summed E-state index contributed by atoms with van der Waals surface area (Å²) in [6, 6.07) is 52.6. The van der Waals surface area contributed by atoms with E-state index in [0.29, 0.717) is 6.54 Å². The van der Waals surface area contributed by atoms with Crippen LogP contribution < -0.4 is 9.80 Å². The molecule has 0 bridgehead atoms. The van der Waals surface area contributed by atoms with E-state index in [2.05, 4.69) is 201 Å². The van der Waals surface area contributed by atoms with Gasteiger partial charge in [-0.05, 0) is 58.9 Å². The quantitative estimate of drug-likeness (QED) is 0.165. The second-order valence-electron chi connectivity index (χ2n) is 15.1. The molecule has 0 radical (unpaired) electrons. The number of para-hydroxylation sites is 3. The van der Waals surface area contributed by atoms with Gasteiger partial charge in [0.15, 0.2) is 0 Å². The maximum atomic E-state index is 4.96. The van der Waals surface area contributed by atoms with E-state index >= 15 is 0 Å². The molecule has 0 saturated carbocycles. The molecule has 53 heavy (non-hydrogen) atoms. The molecule has 0 saturated heterocycles. The minimum atomic E-state index is -0.693. The van der Waals surface area contributed by atoms with Gasteiger partial charge in [-0.15, -0.1) is 33.8 Å². The molecule has 0 N–H and O–H groups in total. The van der Waals surface area contributed by atoms with Crippen molar-refractivity contribution < 1.29 is 21.1 Å². The molecular weight excluding hydrogens is 828 g/mol. The van der Waals surface area contributed by atoms with Crippen LogP contribution in [0.4, 0.5) is 17.1 Å². The first-order valence-electron chi connectivity index (χ1n) is 18.1. The van der Waals surface area contributed by atoms with Crippen molar-refractivity contribution in [3.8, 4) is 11.1 Å². The monoisotopic (exact) mass is 865 g/mol. The number of anilines is 3. The second kappa shape index (κ2) is 12.4. The van der Waals surface area contributed by atoms with E-state index in [1.165, 1.54) is 44.3 Å². The molecule has 0 atom stereocenters. The summed E-state index contributed by atoms with van der Waals surface area (Å²) in [5, 5.41) is 7.33. The Balaban J connectivity index is 0.00000372. The summed E-state index contributed by atoms with van der Waals surface area (Å²) < 4.78 is 2.30. The van der Waals surface area contributed by atoms with Gasteiger partial charge in [-0.1, -0.05) is 135 Å². The Morgan fingerprint density at radius 3 is 2.11 bits per heavy atom. The van der Waals surface area contributed by atoms with Crippen LogP contribution >= 0.6 is 0 Å². The van der Waals surface area contributed by atoms with Crippen molar-refractivity contribution >= 4 is 44.7 Å². The Hall–Kier alpha value is -5.31. The topological polar surface area (TPSA) is 25.5 Å². The van der Waals surface area contributed by atoms with Crippen molar-refractivity contribution in [2.45, 2.75) is 31.6 Å². The number of aromatic nitrogens is 1. The Morgan fingerprint density at radius 2 is 1.40 bits per heavy atom. The minimum absolute atomic E-state index is 0. The predicted molar refractivity (Wildman–Crippen MR) is 216 cm³/mol. The Kier molecular flexibility index (Phi) is 7.84. The van der Waals surface area contributed by atoms with Crippen molar-refractivity contribution in [1.29, 1.82) is 0 Å². The summed E-state index contributed by atoms with van der Waals surface area (Å²) in [6.45, 7) is 9.76. The van der Waals surface area contributed by atoms with Crippen LogP contribution in [0, 0.1) is 18.8 Å². The van der Waals surface area contributed by atoms with E-state index in [0.717, 1.165) is 39.4 Å². The SMILES string of the molecule is CN1[CH-]N(c2[c-]c(C3(c4[c-]c5c(cc4)c4ccccc4n5C4=CC=CC[N-]4)c4ccccc4-c4ccccc43)cc(C(C)(C)C)c2)c2ccccc21.[Pt+4]. The van der Waals surface area contributed by atoms with Gasteiger partial charge in [-0.3, -0.25) is 0 Å². The van der Waals surface area contributed by atoms with E-state index in [4.69, 9.17) is 5.32 Å². The number of benzene rings is 6. The van der Waals surface area contributed by atoms with Crippen molar-refractivity contribution in [3.05, 3.63) is 191 Å². The van der Waals surface area contributed by atoms with Gasteiger partial charge in [0.2, 0.25) is 0 Å². The largest absolute Gasteiger partial charge is 4.00 e. The van der Waals surface area contributed by atoms with Crippen molar-refractivity contribution in [2.75, 3.05) is 23.4 Å². The standard InChI is InChI=1S/C48H38N4.Pt/c1-47(2,3)33-27-34(29-35(28-33)51-31-50(4)43-21-11-12-22-44(43)51)48(40-18-8-5-15-36(40)37-16-6-9-19-41(37)48)32-24-25-39-38-17-7-10-20-42(38)52(45(39)30-32)46-23-13-14-26-49-46;/h5-25,27-28,31H,26H2,1-4H3;/q-4;+4. The molecule has 3 heterocycles. The van der Waals surface area contributed by atoms with Crippen LogP contribution in [0.1, 0.15) is 48.6 Å². The van der Waals surface area contributed by atoms with Gasteiger partial charge in [0, 0.05) is 16.8 Å². The van der Waals surface area contributed by atoms with Crippen LogP contribution in [-0.2, 0) is 31.9 Å². The zero-order valence-corrected chi connectivity index (χ0v) is 32.4. The van der Waals surface area contributed by atoms with Crippen molar-refractivity contribution in [1.82, 2.24) is 4.57 Å². The predicted octanol–water partition coefficient (Wildman–Crippen LogP) is 11.5. The molecule has 0 unspecified atom stereocenters. The summed E-state index contributed by atoms with van der Waals surface area (Å²) in [5.41, 5.74) is 13.1. The fourth-order valence-electron chi connectivity index (χ4n) is 8.64. The maximum absolute atomic E-state index is 4.96. The molecule has 3 aliphatic rings. The van der Waals surface area contributed by atoms with Gasteiger partial charge < -0.3 is 19.7 Å². The van der Waals surface area contributed by atoms with Crippen LogP contribution in [0.2, 0.25) is 0 Å². The number of nitrogens with zero attached hydrogens (tertiary/aromatic N) is 4. The molecule has 0 fully saturated rings. The van der Waals surface area contributed by atoms with Gasteiger partial charge in [0.05, 0.1) is 0 Å². The van der Waals surface area contributed by atoms with Gasteiger partial charge in [0.25, 0.3) is 0 Å². The van der Waals surface area contributed by atoms with Crippen molar-refractivity contribution in [2.24, 2.45) is 0 Å². The van der Waals surface area contributed by atoms with Gasteiger partial charge in [0.1, 0.15) is 0 Å². The van der Waals surface area contributed by atoms with Crippen molar-refractivity contribution in [3.63, 3.8) is 0 Å². The summed E-state index contributed by atoms with van der Waals surface area (Å²) in [4.78, 5) is 4.49. The average Bonchev–Trinajstić information content (AvgIpc) is 3.80. The zero-order chi connectivity index (χ0) is 35.2. The van der Waals surface area contributed by atoms with Crippen LogP contribution in [0.3, 0.4) is 0 Å². The maximum Gasteiger partial charge on any atom is 4.00 e. The number of fused-ring (bicyclic) bond motifs is 7. The summed E-state index contributed by atoms with van der Waals surface area (Å²) >= 11 is 0. The van der Waals surface area contributed by atoms with E-state index in [9.17, 15) is 0 Å². The molecule has 6 aromatic carbocycles. The molecule has 0 spiro atoms. The number of allylic oxidation sites excluding steroid dienone is 2. The second-order valence-corrected chi connectivity index (χ2v) is 15.1. The molecule has 1 aliphatic carbocycles. The van der Waals surface area contributed by atoms with E-state index in [1.54, 1.807) is 0 Å². The fraction of sp³-hybridized carbons (Fsp3) is 0.146.